The van der Waals surface area contributed by atoms with Crippen LogP contribution in [0.2, 0.25) is 0 Å². The molecule has 2 aliphatic rings. The number of nitrogens with one attached hydrogen (secondary N) is 1. The molecular formula is C17H19F3N6O. The number of rotatable bonds is 4. The molecule has 144 valence electrons. The zero-order valence-electron chi connectivity index (χ0n) is 14.5. The minimum atomic E-state index is -4.40. The number of anilines is 1. The third kappa shape index (κ3) is 3.60. The average molecular weight is 380 g/mol. The van der Waals surface area contributed by atoms with Gasteiger partial charge in [0.15, 0.2) is 5.82 Å². The van der Waals surface area contributed by atoms with Crippen molar-refractivity contribution in [1.82, 2.24) is 25.1 Å². The molecule has 27 heavy (non-hydrogen) atoms. The molecule has 1 amide bonds. The molecule has 0 bridgehead atoms. The molecule has 4 rings (SSSR count). The number of amides is 1. The number of pyridine rings is 1. The molecule has 1 N–H and O–H groups in total. The molecule has 0 saturated carbocycles. The Morgan fingerprint density at radius 2 is 2.11 bits per heavy atom. The van der Waals surface area contributed by atoms with Gasteiger partial charge in [-0.25, -0.2) is 4.98 Å². The minimum absolute atomic E-state index is 0.0836. The van der Waals surface area contributed by atoms with E-state index in [4.69, 9.17) is 0 Å². The summed E-state index contributed by atoms with van der Waals surface area (Å²) in [7, 11) is 0. The first-order valence-corrected chi connectivity index (χ1v) is 8.88. The van der Waals surface area contributed by atoms with Crippen LogP contribution in [0.4, 0.5) is 19.0 Å². The summed E-state index contributed by atoms with van der Waals surface area (Å²) in [4.78, 5) is 18.2. The molecule has 1 saturated heterocycles. The first kappa shape index (κ1) is 17.7. The zero-order chi connectivity index (χ0) is 19.0. The molecule has 0 aliphatic carbocycles. The lowest BCUT2D eigenvalue weighted by atomic mass is 10.1. The Kier molecular flexibility index (Phi) is 4.48. The van der Waals surface area contributed by atoms with Crippen molar-refractivity contribution < 1.29 is 18.0 Å². The maximum atomic E-state index is 12.6. The number of halogens is 3. The quantitative estimate of drug-likeness (QED) is 0.875. The van der Waals surface area contributed by atoms with Crippen LogP contribution in [-0.2, 0) is 30.5 Å². The van der Waals surface area contributed by atoms with Crippen molar-refractivity contribution in [3.05, 3.63) is 35.5 Å². The van der Waals surface area contributed by atoms with Crippen LogP contribution in [0, 0.1) is 5.92 Å². The molecule has 1 fully saturated rings. The summed E-state index contributed by atoms with van der Waals surface area (Å²) in [5.74, 6) is 1.86. The lowest BCUT2D eigenvalue weighted by Gasteiger charge is -2.18. The topological polar surface area (TPSA) is 75.9 Å². The molecule has 0 aromatic carbocycles. The maximum absolute atomic E-state index is 12.6. The van der Waals surface area contributed by atoms with Crippen molar-refractivity contribution >= 4 is 11.7 Å². The van der Waals surface area contributed by atoms with Crippen molar-refractivity contribution in [3.63, 3.8) is 0 Å². The number of hydrogen-bond acceptors (Lipinski definition) is 5. The van der Waals surface area contributed by atoms with Crippen LogP contribution in [-0.4, -0.2) is 38.7 Å². The fourth-order valence-electron chi connectivity index (χ4n) is 3.58. The van der Waals surface area contributed by atoms with E-state index in [0.29, 0.717) is 31.9 Å². The highest BCUT2D eigenvalue weighted by Crippen LogP contribution is 2.30. The molecule has 2 aromatic heterocycles. The SMILES string of the molecule is O=C(NCc1nnc2n1CCC2)[C@@H]1CCN(c2ccc(C(F)(F)F)cn2)C1. The van der Waals surface area contributed by atoms with Gasteiger partial charge in [0.25, 0.3) is 0 Å². The Morgan fingerprint density at radius 3 is 2.85 bits per heavy atom. The van der Waals surface area contributed by atoms with Crippen LogP contribution in [0.5, 0.6) is 0 Å². The van der Waals surface area contributed by atoms with Gasteiger partial charge in [0, 0.05) is 32.3 Å². The fourth-order valence-corrected chi connectivity index (χ4v) is 3.58. The molecule has 10 heteroatoms. The molecule has 0 unspecified atom stereocenters. The predicted octanol–water partition coefficient (Wildman–Crippen LogP) is 1.78. The fraction of sp³-hybridized carbons (Fsp3) is 0.529. The number of fused-ring (bicyclic) bond motifs is 1. The van der Waals surface area contributed by atoms with Crippen molar-refractivity contribution in [2.24, 2.45) is 5.92 Å². The average Bonchev–Trinajstić information content (AvgIpc) is 3.36. The van der Waals surface area contributed by atoms with Gasteiger partial charge in [0.05, 0.1) is 18.0 Å². The van der Waals surface area contributed by atoms with Crippen molar-refractivity contribution in [1.29, 1.82) is 0 Å². The Hall–Kier alpha value is -2.65. The number of aryl methyl sites for hydroxylation is 1. The summed E-state index contributed by atoms with van der Waals surface area (Å²) >= 11 is 0. The molecule has 0 spiro atoms. The minimum Gasteiger partial charge on any atom is -0.356 e. The highest BCUT2D eigenvalue weighted by molar-refractivity contribution is 5.79. The monoisotopic (exact) mass is 380 g/mol. The van der Waals surface area contributed by atoms with E-state index in [1.54, 1.807) is 0 Å². The zero-order valence-corrected chi connectivity index (χ0v) is 14.5. The van der Waals surface area contributed by atoms with Gasteiger partial charge < -0.3 is 14.8 Å². The molecule has 4 heterocycles. The van der Waals surface area contributed by atoms with E-state index in [2.05, 4.69) is 20.5 Å². The summed E-state index contributed by atoms with van der Waals surface area (Å²) in [6.07, 6.45) is -0.982. The number of nitrogens with zero attached hydrogens (tertiary/aromatic N) is 5. The number of carbonyl (C=O) groups excluding carboxylic acids is 1. The standard InChI is InChI=1S/C17H19F3N6O/c18-17(19,20)12-3-4-13(21-8-12)25-7-5-11(10-25)16(27)22-9-15-24-23-14-2-1-6-26(14)15/h3-4,8,11H,1-2,5-7,9-10H2,(H,22,27)/t11-/m1/s1. The van der Waals surface area contributed by atoms with E-state index in [1.165, 1.54) is 6.07 Å². The molecule has 2 aromatic rings. The third-order valence-corrected chi connectivity index (χ3v) is 5.07. The highest BCUT2D eigenvalue weighted by Gasteiger charge is 2.32. The number of carbonyl (C=O) groups is 1. The maximum Gasteiger partial charge on any atom is 0.417 e. The summed E-state index contributed by atoms with van der Waals surface area (Å²) in [5, 5.41) is 11.1. The summed E-state index contributed by atoms with van der Waals surface area (Å²) in [5.41, 5.74) is -0.777. The third-order valence-electron chi connectivity index (χ3n) is 5.07. The second kappa shape index (κ2) is 6.82. The van der Waals surface area contributed by atoms with Gasteiger partial charge in [0.1, 0.15) is 11.6 Å². The van der Waals surface area contributed by atoms with Gasteiger partial charge in [-0.15, -0.1) is 10.2 Å². The van der Waals surface area contributed by atoms with Crippen LogP contribution >= 0.6 is 0 Å². The van der Waals surface area contributed by atoms with Crippen LogP contribution in [0.25, 0.3) is 0 Å². The molecular weight excluding hydrogens is 361 g/mol. The van der Waals surface area contributed by atoms with E-state index in [9.17, 15) is 18.0 Å². The van der Waals surface area contributed by atoms with Gasteiger partial charge in [0.2, 0.25) is 5.91 Å². The Morgan fingerprint density at radius 1 is 1.26 bits per heavy atom. The molecule has 2 aliphatic heterocycles. The highest BCUT2D eigenvalue weighted by atomic mass is 19.4. The van der Waals surface area contributed by atoms with Crippen molar-refractivity contribution in [3.8, 4) is 0 Å². The van der Waals surface area contributed by atoms with Gasteiger partial charge in [-0.05, 0) is 25.0 Å². The lowest BCUT2D eigenvalue weighted by Crippen LogP contribution is -2.33. The van der Waals surface area contributed by atoms with Crippen molar-refractivity contribution in [2.45, 2.75) is 38.5 Å². The van der Waals surface area contributed by atoms with E-state index in [1.807, 2.05) is 9.47 Å². The lowest BCUT2D eigenvalue weighted by molar-refractivity contribution is -0.137. The second-order valence-corrected chi connectivity index (χ2v) is 6.84. The van der Waals surface area contributed by atoms with E-state index in [0.717, 1.165) is 43.3 Å². The molecule has 1 atom stereocenters. The van der Waals surface area contributed by atoms with Gasteiger partial charge in [-0.1, -0.05) is 0 Å². The number of alkyl halides is 3. The number of hydrogen-bond donors (Lipinski definition) is 1. The first-order valence-electron chi connectivity index (χ1n) is 8.88. The predicted molar refractivity (Wildman–Crippen MR) is 89.7 cm³/mol. The Balaban J connectivity index is 1.33. The van der Waals surface area contributed by atoms with Crippen LogP contribution in [0.1, 0.15) is 30.1 Å². The summed E-state index contributed by atoms with van der Waals surface area (Å²) in [6.45, 7) is 2.23. The number of aromatic nitrogens is 4. The van der Waals surface area contributed by atoms with Crippen LogP contribution in [0.3, 0.4) is 0 Å². The van der Waals surface area contributed by atoms with E-state index in [-0.39, 0.29) is 11.8 Å². The first-order chi connectivity index (χ1) is 12.9. The normalized spacial score (nSPS) is 19.4. The Bertz CT molecular complexity index is 832. The smallest absolute Gasteiger partial charge is 0.356 e. The van der Waals surface area contributed by atoms with E-state index < -0.39 is 11.7 Å². The van der Waals surface area contributed by atoms with Gasteiger partial charge in [-0.2, -0.15) is 13.2 Å². The van der Waals surface area contributed by atoms with Gasteiger partial charge in [-0.3, -0.25) is 4.79 Å². The second-order valence-electron chi connectivity index (χ2n) is 6.84. The van der Waals surface area contributed by atoms with Crippen LogP contribution in [0.15, 0.2) is 18.3 Å². The molecule has 0 radical (unpaired) electrons. The van der Waals surface area contributed by atoms with E-state index >= 15 is 0 Å². The summed E-state index contributed by atoms with van der Waals surface area (Å²) in [6, 6.07) is 2.37. The summed E-state index contributed by atoms with van der Waals surface area (Å²) < 4.78 is 39.9. The largest absolute Gasteiger partial charge is 0.417 e. The van der Waals surface area contributed by atoms with Crippen molar-refractivity contribution in [2.75, 3.05) is 18.0 Å². The molecule has 7 nitrogen and oxygen atoms in total. The van der Waals surface area contributed by atoms with Gasteiger partial charge >= 0.3 is 6.18 Å². The van der Waals surface area contributed by atoms with Crippen LogP contribution < -0.4 is 10.2 Å². The Labute approximate surface area is 153 Å².